The summed E-state index contributed by atoms with van der Waals surface area (Å²) in [5, 5.41) is 17.7. The molecule has 0 aliphatic carbocycles. The van der Waals surface area contributed by atoms with Crippen molar-refractivity contribution in [1.29, 1.82) is 5.26 Å². The number of aliphatic hydroxyl groups excluding tert-OH is 1. The molecule has 0 radical (unpaired) electrons. The first-order valence-corrected chi connectivity index (χ1v) is 6.02. The fourth-order valence-electron chi connectivity index (χ4n) is 1.72. The number of nitriles is 1. The van der Waals surface area contributed by atoms with Gasteiger partial charge in [0.1, 0.15) is 0 Å². The number of carbonyl (C=O) groups excluding carboxylic acids is 1. The highest BCUT2D eigenvalue weighted by Gasteiger charge is 2.18. The Morgan fingerprint density at radius 2 is 2.22 bits per heavy atom. The molecular weight excluding hydrogens is 228 g/mol. The lowest BCUT2D eigenvalue weighted by atomic mass is 10.1. The Kier molecular flexibility index (Phi) is 5.34. The summed E-state index contributed by atoms with van der Waals surface area (Å²) >= 11 is 0. The summed E-state index contributed by atoms with van der Waals surface area (Å²) in [6, 6.07) is 8.76. The number of amides is 1. The lowest BCUT2D eigenvalue weighted by Gasteiger charge is -2.26. The number of aliphatic hydroxyl groups is 1. The predicted octanol–water partition coefficient (Wildman–Crippen LogP) is 1.79. The Morgan fingerprint density at radius 3 is 2.78 bits per heavy atom. The van der Waals surface area contributed by atoms with Crippen LogP contribution in [0.3, 0.4) is 0 Å². The van der Waals surface area contributed by atoms with Crippen molar-refractivity contribution in [1.82, 2.24) is 4.90 Å². The lowest BCUT2D eigenvalue weighted by molar-refractivity contribution is 0.0693. The summed E-state index contributed by atoms with van der Waals surface area (Å²) in [5.74, 6) is -0.101. The van der Waals surface area contributed by atoms with Gasteiger partial charge >= 0.3 is 0 Å². The number of rotatable bonds is 5. The Balaban J connectivity index is 2.91. The smallest absolute Gasteiger partial charge is 0.254 e. The molecule has 0 fully saturated rings. The molecule has 0 unspecified atom stereocenters. The minimum absolute atomic E-state index is 0.0642. The fourth-order valence-corrected chi connectivity index (χ4v) is 1.72. The van der Waals surface area contributed by atoms with Crippen molar-refractivity contribution in [3.63, 3.8) is 0 Å². The van der Waals surface area contributed by atoms with E-state index in [2.05, 4.69) is 0 Å². The van der Waals surface area contributed by atoms with E-state index in [0.29, 0.717) is 24.1 Å². The summed E-state index contributed by atoms with van der Waals surface area (Å²) in [6.45, 7) is 4.45. The minimum Gasteiger partial charge on any atom is -0.396 e. The van der Waals surface area contributed by atoms with Crippen LogP contribution in [0.1, 0.15) is 36.2 Å². The second-order valence-corrected chi connectivity index (χ2v) is 4.36. The van der Waals surface area contributed by atoms with E-state index in [1.54, 1.807) is 29.2 Å². The van der Waals surface area contributed by atoms with Gasteiger partial charge in [0.25, 0.3) is 5.91 Å². The van der Waals surface area contributed by atoms with Crippen LogP contribution in [0.5, 0.6) is 0 Å². The van der Waals surface area contributed by atoms with E-state index < -0.39 is 0 Å². The van der Waals surface area contributed by atoms with Crippen LogP contribution in [0.15, 0.2) is 24.3 Å². The third kappa shape index (κ3) is 3.57. The van der Waals surface area contributed by atoms with Crippen LogP contribution in [-0.2, 0) is 0 Å². The van der Waals surface area contributed by atoms with Crippen molar-refractivity contribution in [3.05, 3.63) is 35.4 Å². The van der Waals surface area contributed by atoms with Crippen molar-refractivity contribution in [2.75, 3.05) is 13.2 Å². The normalized spacial score (nSPS) is 10.2. The van der Waals surface area contributed by atoms with Crippen LogP contribution in [0.2, 0.25) is 0 Å². The van der Waals surface area contributed by atoms with Gasteiger partial charge in [-0.3, -0.25) is 4.79 Å². The van der Waals surface area contributed by atoms with Crippen LogP contribution in [-0.4, -0.2) is 35.1 Å². The van der Waals surface area contributed by atoms with E-state index in [4.69, 9.17) is 10.4 Å². The van der Waals surface area contributed by atoms with E-state index in [-0.39, 0.29) is 18.6 Å². The summed E-state index contributed by atoms with van der Waals surface area (Å²) < 4.78 is 0. The van der Waals surface area contributed by atoms with Gasteiger partial charge in [-0.15, -0.1) is 0 Å². The van der Waals surface area contributed by atoms with E-state index in [0.717, 1.165) is 0 Å². The molecule has 0 bridgehead atoms. The number of carbonyl (C=O) groups is 1. The molecule has 0 aliphatic heterocycles. The van der Waals surface area contributed by atoms with Crippen molar-refractivity contribution in [2.24, 2.45) is 0 Å². The maximum absolute atomic E-state index is 12.3. The first kappa shape index (κ1) is 14.2. The molecule has 0 aromatic heterocycles. The highest BCUT2D eigenvalue weighted by Crippen LogP contribution is 2.11. The van der Waals surface area contributed by atoms with Crippen molar-refractivity contribution < 1.29 is 9.90 Å². The van der Waals surface area contributed by atoms with E-state index in [9.17, 15) is 4.79 Å². The van der Waals surface area contributed by atoms with Gasteiger partial charge in [0.2, 0.25) is 0 Å². The standard InChI is InChI=1S/C14H18N2O2/c1-11(2)16(7-4-8-17)14(18)13-6-3-5-12(9-13)10-15/h3,5-6,9,11,17H,4,7-8H2,1-2H3. The first-order chi connectivity index (χ1) is 8.60. The summed E-state index contributed by atoms with van der Waals surface area (Å²) in [7, 11) is 0. The molecule has 1 rings (SSSR count). The SMILES string of the molecule is CC(C)N(CCCO)C(=O)c1cccc(C#N)c1. The summed E-state index contributed by atoms with van der Waals surface area (Å²) in [4.78, 5) is 14.0. The fraction of sp³-hybridized carbons (Fsp3) is 0.429. The second kappa shape index (κ2) is 6.77. The molecular formula is C14H18N2O2. The van der Waals surface area contributed by atoms with E-state index >= 15 is 0 Å². The van der Waals surface area contributed by atoms with Crippen LogP contribution < -0.4 is 0 Å². The first-order valence-electron chi connectivity index (χ1n) is 6.02. The van der Waals surface area contributed by atoms with Crippen molar-refractivity contribution in [2.45, 2.75) is 26.3 Å². The molecule has 1 N–H and O–H groups in total. The third-order valence-electron chi connectivity index (χ3n) is 2.68. The Labute approximate surface area is 107 Å². The molecule has 0 aliphatic rings. The zero-order valence-electron chi connectivity index (χ0n) is 10.8. The molecule has 0 atom stereocenters. The van der Waals surface area contributed by atoms with Crippen LogP contribution in [0.25, 0.3) is 0 Å². The zero-order chi connectivity index (χ0) is 13.5. The average molecular weight is 246 g/mol. The number of hydrogen-bond donors (Lipinski definition) is 1. The van der Waals surface area contributed by atoms with Gasteiger partial charge in [-0.25, -0.2) is 0 Å². The van der Waals surface area contributed by atoms with Gasteiger partial charge in [0, 0.05) is 24.8 Å². The molecule has 4 heteroatoms. The lowest BCUT2D eigenvalue weighted by Crippen LogP contribution is -2.38. The maximum Gasteiger partial charge on any atom is 0.254 e. The summed E-state index contributed by atoms with van der Waals surface area (Å²) in [6.07, 6.45) is 0.557. The largest absolute Gasteiger partial charge is 0.396 e. The monoisotopic (exact) mass is 246 g/mol. The molecule has 18 heavy (non-hydrogen) atoms. The third-order valence-corrected chi connectivity index (χ3v) is 2.68. The van der Waals surface area contributed by atoms with Gasteiger partial charge < -0.3 is 10.0 Å². The van der Waals surface area contributed by atoms with Gasteiger partial charge in [-0.1, -0.05) is 6.07 Å². The number of nitrogens with zero attached hydrogens (tertiary/aromatic N) is 2. The quantitative estimate of drug-likeness (QED) is 0.861. The maximum atomic E-state index is 12.3. The molecule has 4 nitrogen and oxygen atoms in total. The van der Waals surface area contributed by atoms with Gasteiger partial charge in [0.05, 0.1) is 11.6 Å². The van der Waals surface area contributed by atoms with Crippen LogP contribution in [0, 0.1) is 11.3 Å². The van der Waals surface area contributed by atoms with Gasteiger partial charge in [-0.2, -0.15) is 5.26 Å². The highest BCUT2D eigenvalue weighted by atomic mass is 16.3. The van der Waals surface area contributed by atoms with Crippen LogP contribution >= 0.6 is 0 Å². The summed E-state index contributed by atoms with van der Waals surface area (Å²) in [5.41, 5.74) is 0.993. The second-order valence-electron chi connectivity index (χ2n) is 4.36. The Hall–Kier alpha value is -1.86. The number of hydrogen-bond acceptors (Lipinski definition) is 3. The molecule has 96 valence electrons. The molecule has 0 spiro atoms. The molecule has 0 saturated carbocycles. The van der Waals surface area contributed by atoms with Crippen molar-refractivity contribution >= 4 is 5.91 Å². The zero-order valence-corrected chi connectivity index (χ0v) is 10.8. The molecule has 1 aromatic carbocycles. The highest BCUT2D eigenvalue weighted by molar-refractivity contribution is 5.94. The average Bonchev–Trinajstić information content (AvgIpc) is 2.38. The predicted molar refractivity (Wildman–Crippen MR) is 69.0 cm³/mol. The molecule has 1 amide bonds. The Morgan fingerprint density at radius 1 is 1.50 bits per heavy atom. The molecule has 0 saturated heterocycles. The van der Waals surface area contributed by atoms with Crippen LogP contribution in [0.4, 0.5) is 0 Å². The van der Waals surface area contributed by atoms with Gasteiger partial charge in [-0.05, 0) is 38.5 Å². The topological polar surface area (TPSA) is 64.3 Å². The minimum atomic E-state index is -0.101. The van der Waals surface area contributed by atoms with Crippen molar-refractivity contribution in [3.8, 4) is 6.07 Å². The Bertz CT molecular complexity index is 449. The van der Waals surface area contributed by atoms with E-state index in [1.807, 2.05) is 19.9 Å². The van der Waals surface area contributed by atoms with Gasteiger partial charge in [0.15, 0.2) is 0 Å². The van der Waals surface area contributed by atoms with E-state index in [1.165, 1.54) is 0 Å². The molecule has 1 aromatic rings. The number of benzene rings is 1. The molecule has 0 heterocycles.